The van der Waals surface area contributed by atoms with Gasteiger partial charge in [0.15, 0.2) is 0 Å². The van der Waals surface area contributed by atoms with Gasteiger partial charge in [-0.1, -0.05) is 20.3 Å². The van der Waals surface area contributed by atoms with E-state index in [1.54, 1.807) is 0 Å². The van der Waals surface area contributed by atoms with Crippen LogP contribution in [-0.2, 0) is 0 Å². The Morgan fingerprint density at radius 2 is 2.09 bits per heavy atom. The molecule has 0 radical (unpaired) electrons. The van der Waals surface area contributed by atoms with Crippen molar-refractivity contribution < 1.29 is 0 Å². The van der Waals surface area contributed by atoms with Gasteiger partial charge in [-0.25, -0.2) is 0 Å². The molecule has 0 aromatic rings. The Morgan fingerprint density at radius 1 is 1.45 bits per heavy atom. The Hall–Kier alpha value is -0.0400. The molecule has 2 fully saturated rings. The van der Waals surface area contributed by atoms with Crippen LogP contribution in [0.25, 0.3) is 0 Å². The summed E-state index contributed by atoms with van der Waals surface area (Å²) in [5, 5.41) is 0. The molecule has 2 N–H and O–H groups in total. The van der Waals surface area contributed by atoms with E-state index in [4.69, 9.17) is 5.73 Å². The summed E-state index contributed by atoms with van der Waals surface area (Å²) in [6.45, 7) is 4.62. The van der Waals surface area contributed by atoms with Crippen LogP contribution in [0.4, 0.5) is 0 Å². The highest BCUT2D eigenvalue weighted by Gasteiger charge is 2.65. The molecule has 0 amide bonds. The van der Waals surface area contributed by atoms with Gasteiger partial charge >= 0.3 is 0 Å². The summed E-state index contributed by atoms with van der Waals surface area (Å²) < 4.78 is 0. The van der Waals surface area contributed by atoms with Gasteiger partial charge in [0.05, 0.1) is 0 Å². The molecule has 1 heteroatoms. The predicted octanol–water partition coefficient (Wildman–Crippen LogP) is 2.30. The van der Waals surface area contributed by atoms with E-state index in [-0.39, 0.29) is 5.54 Å². The average Bonchev–Trinajstić information content (AvgIpc) is 2.78. The zero-order valence-electron chi connectivity index (χ0n) is 7.69. The van der Waals surface area contributed by atoms with Crippen molar-refractivity contribution in [2.45, 2.75) is 51.5 Å². The van der Waals surface area contributed by atoms with Crippen LogP contribution in [0.3, 0.4) is 0 Å². The van der Waals surface area contributed by atoms with E-state index < -0.39 is 0 Å². The molecule has 2 aliphatic carbocycles. The van der Waals surface area contributed by atoms with E-state index in [1.165, 1.54) is 32.1 Å². The first-order valence-electron chi connectivity index (χ1n) is 4.91. The van der Waals surface area contributed by atoms with Crippen LogP contribution in [0.15, 0.2) is 0 Å². The van der Waals surface area contributed by atoms with Gasteiger partial charge in [-0.2, -0.15) is 0 Å². The van der Waals surface area contributed by atoms with E-state index in [0.29, 0.717) is 5.41 Å². The summed E-state index contributed by atoms with van der Waals surface area (Å²) in [4.78, 5) is 0. The number of rotatable bonds is 3. The fourth-order valence-electron chi connectivity index (χ4n) is 2.45. The molecular weight excluding hydrogens is 134 g/mol. The number of nitrogens with two attached hydrogens (primary N) is 1. The lowest BCUT2D eigenvalue weighted by atomic mass is 9.93. The molecule has 0 aromatic carbocycles. The Balaban J connectivity index is 1.95. The summed E-state index contributed by atoms with van der Waals surface area (Å²) in [6.07, 6.45) is 6.72. The summed E-state index contributed by atoms with van der Waals surface area (Å²) in [7, 11) is 0. The maximum atomic E-state index is 6.32. The van der Waals surface area contributed by atoms with Crippen LogP contribution in [-0.4, -0.2) is 5.54 Å². The van der Waals surface area contributed by atoms with Crippen LogP contribution in [0.2, 0.25) is 0 Å². The van der Waals surface area contributed by atoms with Gasteiger partial charge in [0.1, 0.15) is 0 Å². The minimum absolute atomic E-state index is 0.267. The standard InChI is InChI=1S/C10H19N/c1-3-4-8-7-10(8,11)9(2)5-6-9/h8H,3-7,11H2,1-2H3. The number of hydrogen-bond donors (Lipinski definition) is 1. The molecule has 11 heavy (non-hydrogen) atoms. The third-order valence-corrected chi connectivity index (χ3v) is 3.91. The van der Waals surface area contributed by atoms with Gasteiger partial charge in [0.2, 0.25) is 0 Å². The molecule has 2 aliphatic rings. The van der Waals surface area contributed by atoms with Crippen molar-refractivity contribution in [1.82, 2.24) is 0 Å². The maximum Gasteiger partial charge on any atom is 0.0241 e. The normalized spacial score (nSPS) is 45.5. The molecule has 0 aliphatic heterocycles. The van der Waals surface area contributed by atoms with Gasteiger partial charge in [0, 0.05) is 5.54 Å². The van der Waals surface area contributed by atoms with Crippen LogP contribution < -0.4 is 5.73 Å². The van der Waals surface area contributed by atoms with Crippen LogP contribution in [0.5, 0.6) is 0 Å². The summed E-state index contributed by atoms with van der Waals surface area (Å²) in [5.41, 5.74) is 7.13. The SMILES string of the molecule is CCCC1CC1(N)C1(C)CC1. The summed E-state index contributed by atoms with van der Waals surface area (Å²) in [6, 6.07) is 0. The molecule has 2 rings (SSSR count). The first kappa shape index (κ1) is 7.60. The minimum Gasteiger partial charge on any atom is -0.324 e. The smallest absolute Gasteiger partial charge is 0.0241 e. The van der Waals surface area contributed by atoms with Crippen molar-refractivity contribution in [1.29, 1.82) is 0 Å². The van der Waals surface area contributed by atoms with Gasteiger partial charge in [-0.05, 0) is 37.0 Å². The zero-order chi connectivity index (χ0) is 8.11. The molecule has 0 heterocycles. The second kappa shape index (κ2) is 2.01. The molecule has 2 atom stereocenters. The van der Waals surface area contributed by atoms with Crippen molar-refractivity contribution in [3.05, 3.63) is 0 Å². The molecule has 0 bridgehead atoms. The third-order valence-electron chi connectivity index (χ3n) is 3.91. The first-order chi connectivity index (χ1) is 5.12. The Bertz CT molecular complexity index is 172. The first-order valence-corrected chi connectivity index (χ1v) is 4.91. The molecule has 64 valence electrons. The lowest BCUT2D eigenvalue weighted by molar-refractivity contribution is 0.376. The molecular formula is C10H19N. The quantitative estimate of drug-likeness (QED) is 0.661. The van der Waals surface area contributed by atoms with Crippen LogP contribution in [0, 0.1) is 11.3 Å². The third kappa shape index (κ3) is 0.936. The highest BCUT2D eigenvalue weighted by atomic mass is 14.9. The molecule has 0 spiro atoms. The molecule has 2 unspecified atom stereocenters. The predicted molar refractivity (Wildman–Crippen MR) is 47.3 cm³/mol. The minimum atomic E-state index is 0.267. The topological polar surface area (TPSA) is 26.0 Å². The van der Waals surface area contributed by atoms with Crippen molar-refractivity contribution in [3.63, 3.8) is 0 Å². The lowest BCUT2D eigenvalue weighted by Gasteiger charge is -2.19. The van der Waals surface area contributed by atoms with E-state index in [2.05, 4.69) is 13.8 Å². The largest absolute Gasteiger partial charge is 0.324 e. The Labute approximate surface area is 69.4 Å². The summed E-state index contributed by atoms with van der Waals surface area (Å²) in [5.74, 6) is 0.861. The van der Waals surface area contributed by atoms with Gasteiger partial charge in [-0.3, -0.25) is 0 Å². The molecule has 1 nitrogen and oxygen atoms in total. The monoisotopic (exact) mass is 153 g/mol. The summed E-state index contributed by atoms with van der Waals surface area (Å²) >= 11 is 0. The Morgan fingerprint density at radius 3 is 2.55 bits per heavy atom. The highest BCUT2D eigenvalue weighted by Crippen LogP contribution is 2.66. The van der Waals surface area contributed by atoms with E-state index in [1.807, 2.05) is 0 Å². The van der Waals surface area contributed by atoms with Gasteiger partial charge in [0.25, 0.3) is 0 Å². The second-order valence-corrected chi connectivity index (χ2v) is 4.79. The van der Waals surface area contributed by atoms with Gasteiger partial charge < -0.3 is 5.73 Å². The zero-order valence-corrected chi connectivity index (χ0v) is 7.69. The van der Waals surface area contributed by atoms with Crippen molar-refractivity contribution >= 4 is 0 Å². The van der Waals surface area contributed by atoms with Crippen molar-refractivity contribution in [3.8, 4) is 0 Å². The van der Waals surface area contributed by atoms with E-state index >= 15 is 0 Å². The lowest BCUT2D eigenvalue weighted by Crippen LogP contribution is -2.34. The average molecular weight is 153 g/mol. The van der Waals surface area contributed by atoms with E-state index in [0.717, 1.165) is 5.92 Å². The number of hydrogen-bond acceptors (Lipinski definition) is 1. The highest BCUT2D eigenvalue weighted by molar-refractivity contribution is 5.21. The van der Waals surface area contributed by atoms with Crippen LogP contribution in [0.1, 0.15) is 46.0 Å². The van der Waals surface area contributed by atoms with Crippen molar-refractivity contribution in [2.24, 2.45) is 17.1 Å². The van der Waals surface area contributed by atoms with Crippen molar-refractivity contribution in [2.75, 3.05) is 0 Å². The molecule has 0 saturated heterocycles. The Kier molecular flexibility index (Phi) is 1.39. The molecule has 0 aromatic heterocycles. The second-order valence-electron chi connectivity index (χ2n) is 4.79. The fraction of sp³-hybridized carbons (Fsp3) is 1.00. The maximum absolute atomic E-state index is 6.32. The van der Waals surface area contributed by atoms with Gasteiger partial charge in [-0.15, -0.1) is 0 Å². The van der Waals surface area contributed by atoms with Crippen LogP contribution >= 0.6 is 0 Å². The van der Waals surface area contributed by atoms with E-state index in [9.17, 15) is 0 Å². The fourth-order valence-corrected chi connectivity index (χ4v) is 2.45. The molecule has 2 saturated carbocycles.